The summed E-state index contributed by atoms with van der Waals surface area (Å²) in [5.74, 6) is 0.717. The van der Waals surface area contributed by atoms with Crippen molar-refractivity contribution in [3.8, 4) is 0 Å². The van der Waals surface area contributed by atoms with Crippen molar-refractivity contribution in [2.45, 2.75) is 26.7 Å². The minimum atomic E-state index is 0.717. The van der Waals surface area contributed by atoms with Gasteiger partial charge in [-0.05, 0) is 31.8 Å². The van der Waals surface area contributed by atoms with E-state index in [1.165, 1.54) is 0 Å². The molecule has 0 bridgehead atoms. The Bertz CT molecular complexity index is 181. The second-order valence-corrected chi connectivity index (χ2v) is 4.91. The first kappa shape index (κ1) is 15.9. The standard InChI is InChI=1S/C14H30N2O2/c1-3-16(4-2)9-7-15-8-12-18-13-14-5-10-17-11-6-14/h14-15H,3-13H2,1-2H3. The van der Waals surface area contributed by atoms with Gasteiger partial charge in [0.05, 0.1) is 6.61 Å². The van der Waals surface area contributed by atoms with Gasteiger partial charge in [0.1, 0.15) is 0 Å². The minimum Gasteiger partial charge on any atom is -0.381 e. The summed E-state index contributed by atoms with van der Waals surface area (Å²) < 4.78 is 11.0. The van der Waals surface area contributed by atoms with Gasteiger partial charge in [-0.2, -0.15) is 0 Å². The highest BCUT2D eigenvalue weighted by Gasteiger charge is 2.13. The Kier molecular flexibility index (Phi) is 9.48. The maximum absolute atomic E-state index is 5.70. The summed E-state index contributed by atoms with van der Waals surface area (Å²) in [5, 5.41) is 3.43. The molecule has 1 rings (SSSR count). The van der Waals surface area contributed by atoms with Crippen LogP contribution in [0.25, 0.3) is 0 Å². The largest absolute Gasteiger partial charge is 0.381 e. The molecule has 1 saturated heterocycles. The third-order valence-corrected chi connectivity index (χ3v) is 3.62. The van der Waals surface area contributed by atoms with Crippen LogP contribution in [0.4, 0.5) is 0 Å². The summed E-state index contributed by atoms with van der Waals surface area (Å²) in [5.41, 5.74) is 0. The lowest BCUT2D eigenvalue weighted by atomic mass is 10.0. The molecular formula is C14H30N2O2. The van der Waals surface area contributed by atoms with Crippen LogP contribution < -0.4 is 5.32 Å². The lowest BCUT2D eigenvalue weighted by molar-refractivity contribution is 0.0214. The van der Waals surface area contributed by atoms with Crippen molar-refractivity contribution >= 4 is 0 Å². The molecule has 1 aliphatic heterocycles. The fourth-order valence-corrected chi connectivity index (χ4v) is 2.21. The molecule has 0 atom stereocenters. The molecule has 1 N–H and O–H groups in total. The second kappa shape index (κ2) is 10.7. The molecule has 0 spiro atoms. The number of nitrogens with one attached hydrogen (secondary N) is 1. The van der Waals surface area contributed by atoms with Crippen LogP contribution in [-0.4, -0.2) is 64.1 Å². The molecule has 18 heavy (non-hydrogen) atoms. The maximum atomic E-state index is 5.70. The van der Waals surface area contributed by atoms with Crippen molar-refractivity contribution in [3.05, 3.63) is 0 Å². The molecule has 0 aromatic heterocycles. The van der Waals surface area contributed by atoms with Crippen molar-refractivity contribution in [1.29, 1.82) is 0 Å². The molecule has 0 aliphatic carbocycles. The van der Waals surface area contributed by atoms with Crippen LogP contribution in [0.5, 0.6) is 0 Å². The SMILES string of the molecule is CCN(CC)CCNCCOCC1CCOCC1. The molecule has 0 amide bonds. The van der Waals surface area contributed by atoms with E-state index >= 15 is 0 Å². The highest BCUT2D eigenvalue weighted by molar-refractivity contribution is 4.62. The van der Waals surface area contributed by atoms with Crippen LogP contribution in [0.3, 0.4) is 0 Å². The zero-order valence-corrected chi connectivity index (χ0v) is 12.1. The predicted octanol–water partition coefficient (Wildman–Crippen LogP) is 1.36. The first-order valence-corrected chi connectivity index (χ1v) is 7.45. The Labute approximate surface area is 112 Å². The van der Waals surface area contributed by atoms with Crippen LogP contribution >= 0.6 is 0 Å². The second-order valence-electron chi connectivity index (χ2n) is 4.91. The zero-order valence-electron chi connectivity index (χ0n) is 12.1. The van der Waals surface area contributed by atoms with Gasteiger partial charge < -0.3 is 19.7 Å². The Morgan fingerprint density at radius 2 is 1.89 bits per heavy atom. The Morgan fingerprint density at radius 3 is 2.56 bits per heavy atom. The summed E-state index contributed by atoms with van der Waals surface area (Å²) in [4.78, 5) is 2.43. The van der Waals surface area contributed by atoms with E-state index in [9.17, 15) is 0 Å². The van der Waals surface area contributed by atoms with Crippen molar-refractivity contribution < 1.29 is 9.47 Å². The van der Waals surface area contributed by atoms with Crippen LogP contribution in [0.2, 0.25) is 0 Å². The first-order chi connectivity index (χ1) is 8.86. The Balaban J connectivity index is 1.83. The van der Waals surface area contributed by atoms with Gasteiger partial charge >= 0.3 is 0 Å². The predicted molar refractivity (Wildman–Crippen MR) is 75.0 cm³/mol. The van der Waals surface area contributed by atoms with E-state index in [1.54, 1.807) is 0 Å². The fourth-order valence-electron chi connectivity index (χ4n) is 2.21. The molecule has 0 saturated carbocycles. The average molecular weight is 258 g/mol. The van der Waals surface area contributed by atoms with E-state index in [2.05, 4.69) is 24.1 Å². The van der Waals surface area contributed by atoms with E-state index < -0.39 is 0 Å². The number of ether oxygens (including phenoxy) is 2. The zero-order chi connectivity index (χ0) is 13.1. The van der Waals surface area contributed by atoms with E-state index in [0.717, 1.165) is 77.9 Å². The van der Waals surface area contributed by atoms with Crippen LogP contribution in [0.15, 0.2) is 0 Å². The van der Waals surface area contributed by atoms with Gasteiger partial charge in [0.15, 0.2) is 0 Å². The normalized spacial score (nSPS) is 17.5. The number of rotatable bonds is 10. The quantitative estimate of drug-likeness (QED) is 0.600. The van der Waals surface area contributed by atoms with Crippen molar-refractivity contribution in [2.24, 2.45) is 5.92 Å². The number of likely N-dealkylation sites (N-methyl/N-ethyl adjacent to an activating group) is 1. The van der Waals surface area contributed by atoms with Gasteiger partial charge in [0.25, 0.3) is 0 Å². The van der Waals surface area contributed by atoms with Gasteiger partial charge in [0, 0.05) is 39.5 Å². The van der Waals surface area contributed by atoms with E-state index in [-0.39, 0.29) is 0 Å². The molecule has 1 fully saturated rings. The van der Waals surface area contributed by atoms with Gasteiger partial charge in [-0.1, -0.05) is 13.8 Å². The monoisotopic (exact) mass is 258 g/mol. The lowest BCUT2D eigenvalue weighted by Crippen LogP contribution is -2.33. The molecule has 0 unspecified atom stereocenters. The Morgan fingerprint density at radius 1 is 1.17 bits per heavy atom. The third kappa shape index (κ3) is 7.31. The molecule has 0 radical (unpaired) electrons. The molecule has 1 aliphatic rings. The van der Waals surface area contributed by atoms with Crippen molar-refractivity contribution in [3.63, 3.8) is 0 Å². The van der Waals surface area contributed by atoms with E-state index in [4.69, 9.17) is 9.47 Å². The van der Waals surface area contributed by atoms with Crippen LogP contribution in [0.1, 0.15) is 26.7 Å². The average Bonchev–Trinajstić information content (AvgIpc) is 2.43. The van der Waals surface area contributed by atoms with Gasteiger partial charge in [-0.3, -0.25) is 0 Å². The lowest BCUT2D eigenvalue weighted by Gasteiger charge is -2.22. The highest BCUT2D eigenvalue weighted by Crippen LogP contribution is 2.14. The third-order valence-electron chi connectivity index (χ3n) is 3.62. The molecular weight excluding hydrogens is 228 g/mol. The summed E-state index contributed by atoms with van der Waals surface area (Å²) in [6.07, 6.45) is 2.32. The van der Waals surface area contributed by atoms with Gasteiger partial charge in [-0.25, -0.2) is 0 Å². The molecule has 4 heteroatoms. The van der Waals surface area contributed by atoms with Crippen molar-refractivity contribution in [1.82, 2.24) is 10.2 Å². The Hall–Kier alpha value is -0.160. The summed E-state index contributed by atoms with van der Waals surface area (Å²) in [6, 6.07) is 0. The van der Waals surface area contributed by atoms with Gasteiger partial charge in [-0.15, -0.1) is 0 Å². The highest BCUT2D eigenvalue weighted by atomic mass is 16.5. The molecule has 0 aromatic rings. The van der Waals surface area contributed by atoms with E-state index in [0.29, 0.717) is 0 Å². The maximum Gasteiger partial charge on any atom is 0.0591 e. The van der Waals surface area contributed by atoms with Gasteiger partial charge in [0.2, 0.25) is 0 Å². The summed E-state index contributed by atoms with van der Waals surface area (Å²) in [6.45, 7) is 13.4. The molecule has 108 valence electrons. The number of nitrogens with zero attached hydrogens (tertiary/aromatic N) is 1. The molecule has 0 aromatic carbocycles. The minimum absolute atomic E-state index is 0.717. The molecule has 1 heterocycles. The fraction of sp³-hybridized carbons (Fsp3) is 1.00. The summed E-state index contributed by atoms with van der Waals surface area (Å²) >= 11 is 0. The van der Waals surface area contributed by atoms with Crippen LogP contribution in [-0.2, 0) is 9.47 Å². The van der Waals surface area contributed by atoms with Crippen LogP contribution in [0, 0.1) is 5.92 Å². The summed E-state index contributed by atoms with van der Waals surface area (Å²) in [7, 11) is 0. The number of hydrogen-bond donors (Lipinski definition) is 1. The first-order valence-electron chi connectivity index (χ1n) is 7.45. The smallest absolute Gasteiger partial charge is 0.0591 e. The number of hydrogen-bond acceptors (Lipinski definition) is 4. The van der Waals surface area contributed by atoms with Crippen molar-refractivity contribution in [2.75, 3.05) is 59.2 Å². The van der Waals surface area contributed by atoms with E-state index in [1.807, 2.05) is 0 Å². The molecule has 4 nitrogen and oxygen atoms in total. The topological polar surface area (TPSA) is 33.7 Å².